The lowest BCUT2D eigenvalue weighted by Crippen LogP contribution is -2.40. The van der Waals surface area contributed by atoms with Crippen LogP contribution in [-0.4, -0.2) is 30.4 Å². The van der Waals surface area contributed by atoms with Gasteiger partial charge < -0.3 is 5.32 Å². The van der Waals surface area contributed by atoms with Gasteiger partial charge in [-0.05, 0) is 44.2 Å². The largest absolute Gasteiger partial charge is 0.353 e. The smallest absolute Gasteiger partial charge is 0.234 e. The number of nitrogens with zero attached hydrogens (tertiary/aromatic N) is 1. The molecule has 0 bridgehead atoms. The molecule has 122 valence electrons. The van der Waals surface area contributed by atoms with E-state index in [1.54, 1.807) is 12.1 Å². The van der Waals surface area contributed by atoms with Crippen LogP contribution in [0.15, 0.2) is 54.6 Å². The molecule has 1 atom stereocenters. The van der Waals surface area contributed by atoms with Gasteiger partial charge in [0.2, 0.25) is 5.91 Å². The maximum atomic E-state index is 13.2. The summed E-state index contributed by atoms with van der Waals surface area (Å²) in [5, 5.41) is 2.90. The summed E-state index contributed by atoms with van der Waals surface area (Å²) in [6.07, 6.45) is 0. The molecule has 2 aromatic carbocycles. The van der Waals surface area contributed by atoms with Gasteiger partial charge in [0.05, 0.1) is 12.6 Å². The molecule has 0 aliphatic heterocycles. The number of rotatable bonds is 6. The Bertz CT molecular complexity index is 626. The van der Waals surface area contributed by atoms with Gasteiger partial charge in [-0.3, -0.25) is 9.69 Å². The van der Waals surface area contributed by atoms with Crippen molar-refractivity contribution in [3.8, 4) is 0 Å². The second kappa shape index (κ2) is 7.88. The molecule has 0 saturated carbocycles. The van der Waals surface area contributed by atoms with E-state index in [9.17, 15) is 9.18 Å². The van der Waals surface area contributed by atoms with E-state index in [-0.39, 0.29) is 30.4 Å². The van der Waals surface area contributed by atoms with Crippen LogP contribution in [-0.2, 0) is 4.79 Å². The minimum atomic E-state index is -0.263. The fraction of sp³-hybridized carbons (Fsp3) is 0.316. The number of nitrogens with one attached hydrogen (secondary N) is 1. The lowest BCUT2D eigenvalue weighted by Gasteiger charge is -2.29. The van der Waals surface area contributed by atoms with Crippen molar-refractivity contribution in [2.45, 2.75) is 25.9 Å². The zero-order valence-corrected chi connectivity index (χ0v) is 13.8. The van der Waals surface area contributed by atoms with Gasteiger partial charge in [-0.1, -0.05) is 42.5 Å². The summed E-state index contributed by atoms with van der Waals surface area (Å²) in [6, 6.07) is 16.4. The lowest BCUT2D eigenvalue weighted by molar-refractivity contribution is -0.122. The van der Waals surface area contributed by atoms with Crippen molar-refractivity contribution in [2.75, 3.05) is 13.6 Å². The minimum absolute atomic E-state index is 0.0226. The predicted molar refractivity (Wildman–Crippen MR) is 90.6 cm³/mol. The standard InChI is InChI=1S/C19H23FN2O/c1-14(2)21-18(23)13-22(3)19(15-7-5-4-6-8-15)16-9-11-17(20)12-10-16/h4-12,14,19H,13H2,1-3H3,(H,21,23). The molecule has 1 unspecified atom stereocenters. The number of carbonyl (C=O) groups is 1. The first kappa shape index (κ1) is 17.2. The predicted octanol–water partition coefficient (Wildman–Crippen LogP) is 3.37. The Kier molecular flexibility index (Phi) is 5.88. The van der Waals surface area contributed by atoms with Gasteiger partial charge in [-0.25, -0.2) is 4.39 Å². The van der Waals surface area contributed by atoms with Crippen molar-refractivity contribution in [1.29, 1.82) is 0 Å². The van der Waals surface area contributed by atoms with Crippen molar-refractivity contribution in [1.82, 2.24) is 10.2 Å². The minimum Gasteiger partial charge on any atom is -0.353 e. The lowest BCUT2D eigenvalue weighted by atomic mass is 9.97. The fourth-order valence-electron chi connectivity index (χ4n) is 2.67. The van der Waals surface area contributed by atoms with Crippen molar-refractivity contribution >= 4 is 5.91 Å². The second-order valence-corrected chi connectivity index (χ2v) is 6.00. The van der Waals surface area contributed by atoms with E-state index in [1.165, 1.54) is 12.1 Å². The van der Waals surface area contributed by atoms with E-state index in [0.717, 1.165) is 11.1 Å². The highest BCUT2D eigenvalue weighted by Gasteiger charge is 2.21. The second-order valence-electron chi connectivity index (χ2n) is 6.00. The quantitative estimate of drug-likeness (QED) is 0.886. The Hall–Kier alpha value is -2.20. The molecule has 23 heavy (non-hydrogen) atoms. The maximum absolute atomic E-state index is 13.2. The van der Waals surface area contributed by atoms with Crippen LogP contribution in [0.2, 0.25) is 0 Å². The molecular formula is C19H23FN2O. The third kappa shape index (κ3) is 4.89. The van der Waals surface area contributed by atoms with Crippen molar-refractivity contribution in [3.63, 3.8) is 0 Å². The van der Waals surface area contributed by atoms with Crippen molar-refractivity contribution in [2.24, 2.45) is 0 Å². The zero-order valence-electron chi connectivity index (χ0n) is 13.8. The molecule has 0 spiro atoms. The number of halogens is 1. The summed E-state index contributed by atoms with van der Waals surface area (Å²) in [5.41, 5.74) is 2.02. The first-order valence-corrected chi connectivity index (χ1v) is 7.77. The molecule has 2 rings (SSSR count). The Labute approximate surface area is 137 Å². The molecule has 4 heteroatoms. The van der Waals surface area contributed by atoms with Crippen LogP contribution in [0, 0.1) is 5.82 Å². The van der Waals surface area contributed by atoms with E-state index >= 15 is 0 Å². The topological polar surface area (TPSA) is 32.3 Å². The van der Waals surface area contributed by atoms with Crippen LogP contribution >= 0.6 is 0 Å². The highest BCUT2D eigenvalue weighted by molar-refractivity contribution is 5.78. The first-order valence-electron chi connectivity index (χ1n) is 7.77. The van der Waals surface area contributed by atoms with Gasteiger partial charge in [-0.15, -0.1) is 0 Å². The molecule has 0 heterocycles. The van der Waals surface area contributed by atoms with Gasteiger partial charge in [0.15, 0.2) is 0 Å². The maximum Gasteiger partial charge on any atom is 0.234 e. The van der Waals surface area contributed by atoms with E-state index in [0.29, 0.717) is 0 Å². The summed E-state index contributed by atoms with van der Waals surface area (Å²) in [6.45, 7) is 4.15. The highest BCUT2D eigenvalue weighted by atomic mass is 19.1. The molecule has 1 N–H and O–H groups in total. The van der Waals surface area contributed by atoms with Gasteiger partial charge >= 0.3 is 0 Å². The average Bonchev–Trinajstić information content (AvgIpc) is 2.49. The van der Waals surface area contributed by atoms with E-state index in [2.05, 4.69) is 5.32 Å². The Balaban J connectivity index is 2.26. The molecular weight excluding hydrogens is 291 g/mol. The number of likely N-dealkylation sites (N-methyl/N-ethyl adjacent to an activating group) is 1. The van der Waals surface area contributed by atoms with Crippen LogP contribution in [0.3, 0.4) is 0 Å². The van der Waals surface area contributed by atoms with Crippen molar-refractivity contribution < 1.29 is 9.18 Å². The summed E-state index contributed by atoms with van der Waals surface area (Å²) >= 11 is 0. The molecule has 0 radical (unpaired) electrons. The Morgan fingerprint density at radius 3 is 2.17 bits per heavy atom. The molecule has 0 fully saturated rings. The van der Waals surface area contributed by atoms with Gasteiger partial charge in [0, 0.05) is 6.04 Å². The molecule has 0 aromatic heterocycles. The van der Waals surface area contributed by atoms with E-state index < -0.39 is 0 Å². The molecule has 1 amide bonds. The molecule has 2 aromatic rings. The molecule has 0 aliphatic carbocycles. The van der Waals surface area contributed by atoms with Gasteiger partial charge in [0.25, 0.3) is 0 Å². The Morgan fingerprint density at radius 2 is 1.61 bits per heavy atom. The number of amides is 1. The molecule has 3 nitrogen and oxygen atoms in total. The zero-order chi connectivity index (χ0) is 16.8. The van der Waals surface area contributed by atoms with Gasteiger partial charge in [0.1, 0.15) is 5.82 Å². The monoisotopic (exact) mass is 314 g/mol. The normalized spacial score (nSPS) is 12.4. The van der Waals surface area contributed by atoms with E-state index in [4.69, 9.17) is 0 Å². The van der Waals surface area contributed by atoms with Crippen LogP contribution in [0.25, 0.3) is 0 Å². The third-order valence-corrected chi connectivity index (χ3v) is 3.58. The fourth-order valence-corrected chi connectivity index (χ4v) is 2.67. The highest BCUT2D eigenvalue weighted by Crippen LogP contribution is 2.27. The third-order valence-electron chi connectivity index (χ3n) is 3.58. The first-order chi connectivity index (χ1) is 11.0. The number of carbonyl (C=O) groups excluding carboxylic acids is 1. The SMILES string of the molecule is CC(C)NC(=O)CN(C)C(c1ccccc1)c1ccc(F)cc1. The van der Waals surface area contributed by atoms with Crippen LogP contribution in [0.5, 0.6) is 0 Å². The summed E-state index contributed by atoms with van der Waals surface area (Å²) < 4.78 is 13.2. The van der Waals surface area contributed by atoms with Crippen LogP contribution in [0.1, 0.15) is 31.0 Å². The summed E-state index contributed by atoms with van der Waals surface area (Å²) in [4.78, 5) is 14.0. The van der Waals surface area contributed by atoms with E-state index in [1.807, 2.05) is 56.1 Å². The van der Waals surface area contributed by atoms with Crippen LogP contribution in [0.4, 0.5) is 4.39 Å². The summed E-state index contributed by atoms with van der Waals surface area (Å²) in [7, 11) is 1.90. The average molecular weight is 314 g/mol. The van der Waals surface area contributed by atoms with Crippen molar-refractivity contribution in [3.05, 3.63) is 71.5 Å². The molecule has 0 aliphatic rings. The van der Waals surface area contributed by atoms with Gasteiger partial charge in [-0.2, -0.15) is 0 Å². The number of hydrogen-bond acceptors (Lipinski definition) is 2. The number of hydrogen-bond donors (Lipinski definition) is 1. The molecule has 0 saturated heterocycles. The summed E-state index contributed by atoms with van der Waals surface area (Å²) in [5.74, 6) is -0.286. The Morgan fingerprint density at radius 1 is 1.04 bits per heavy atom. The number of benzene rings is 2. The van der Waals surface area contributed by atoms with Crippen LogP contribution < -0.4 is 5.32 Å².